The van der Waals surface area contributed by atoms with E-state index in [-0.39, 0.29) is 37.0 Å². The molecular weight excluding hydrogens is 453 g/mol. The number of carbonyl (C=O) groups is 1. The Morgan fingerprint density at radius 1 is 1.32 bits per heavy atom. The van der Waals surface area contributed by atoms with Crippen LogP contribution in [-0.4, -0.2) is 40.1 Å². The molecule has 1 atom stereocenters. The number of pyridine rings is 1. The first kappa shape index (κ1) is 25.3. The zero-order valence-corrected chi connectivity index (χ0v) is 19.2. The lowest BCUT2D eigenvalue weighted by Gasteiger charge is -2.36. The number of amides is 1. The molecule has 2 aromatic rings. The number of H-pyrrole nitrogens is 1. The number of rotatable bonds is 7. The SMILES string of the molecule is CCCCn1c(N)c(N(CC)C(=O)C2CCCN(c3ncccc3C(F)(F)F)C2)c(=O)[nH]c1=O. The van der Waals surface area contributed by atoms with Crippen LogP contribution in [-0.2, 0) is 17.5 Å². The zero-order chi connectivity index (χ0) is 25.0. The Bertz CT molecular complexity index is 1140. The van der Waals surface area contributed by atoms with Gasteiger partial charge in [0.1, 0.15) is 11.6 Å². The molecular formula is C22H29F3N6O3. The van der Waals surface area contributed by atoms with Crippen molar-refractivity contribution in [3.05, 3.63) is 44.7 Å². The average Bonchev–Trinajstić information content (AvgIpc) is 2.80. The van der Waals surface area contributed by atoms with E-state index in [1.165, 1.54) is 26.6 Å². The maximum absolute atomic E-state index is 13.5. The van der Waals surface area contributed by atoms with Gasteiger partial charge in [-0.3, -0.25) is 19.1 Å². The largest absolute Gasteiger partial charge is 0.419 e. The van der Waals surface area contributed by atoms with E-state index in [4.69, 9.17) is 5.73 Å². The number of hydrogen-bond acceptors (Lipinski definition) is 6. The second-order valence-electron chi connectivity index (χ2n) is 8.24. The minimum absolute atomic E-state index is 0.0166. The number of aromatic amines is 1. The van der Waals surface area contributed by atoms with Crippen molar-refractivity contribution < 1.29 is 18.0 Å². The highest BCUT2D eigenvalue weighted by Gasteiger charge is 2.38. The van der Waals surface area contributed by atoms with Gasteiger partial charge in [-0.05, 0) is 38.3 Å². The Labute approximate surface area is 194 Å². The maximum atomic E-state index is 13.5. The van der Waals surface area contributed by atoms with E-state index in [0.29, 0.717) is 25.8 Å². The number of aromatic nitrogens is 3. The summed E-state index contributed by atoms with van der Waals surface area (Å²) in [5, 5.41) is 0. The van der Waals surface area contributed by atoms with Gasteiger partial charge in [0.05, 0.1) is 11.5 Å². The van der Waals surface area contributed by atoms with Gasteiger partial charge >= 0.3 is 11.9 Å². The first-order valence-corrected chi connectivity index (χ1v) is 11.3. The highest BCUT2D eigenvalue weighted by atomic mass is 19.4. The second kappa shape index (κ2) is 10.3. The van der Waals surface area contributed by atoms with Crippen molar-refractivity contribution in [1.29, 1.82) is 0 Å². The highest BCUT2D eigenvalue weighted by Crippen LogP contribution is 2.36. The van der Waals surface area contributed by atoms with E-state index >= 15 is 0 Å². The summed E-state index contributed by atoms with van der Waals surface area (Å²) in [6.45, 7) is 4.33. The van der Waals surface area contributed by atoms with Gasteiger partial charge in [0, 0.05) is 32.4 Å². The van der Waals surface area contributed by atoms with Crippen LogP contribution >= 0.6 is 0 Å². The van der Waals surface area contributed by atoms with Gasteiger partial charge in [0.25, 0.3) is 5.56 Å². The lowest BCUT2D eigenvalue weighted by Crippen LogP contribution is -2.48. The first-order chi connectivity index (χ1) is 16.1. The van der Waals surface area contributed by atoms with E-state index in [1.807, 2.05) is 6.92 Å². The quantitative estimate of drug-likeness (QED) is 0.627. The van der Waals surface area contributed by atoms with Crippen LogP contribution in [0.3, 0.4) is 0 Å². The molecule has 1 aliphatic heterocycles. The Morgan fingerprint density at radius 2 is 2.06 bits per heavy atom. The number of anilines is 3. The molecule has 3 N–H and O–H groups in total. The third-order valence-corrected chi connectivity index (χ3v) is 5.96. The van der Waals surface area contributed by atoms with Crippen LogP contribution in [0.5, 0.6) is 0 Å². The average molecular weight is 483 g/mol. The van der Waals surface area contributed by atoms with Crippen molar-refractivity contribution in [2.24, 2.45) is 5.92 Å². The van der Waals surface area contributed by atoms with Crippen molar-refractivity contribution in [2.75, 3.05) is 35.2 Å². The van der Waals surface area contributed by atoms with Crippen molar-refractivity contribution in [3.8, 4) is 0 Å². The topological polar surface area (TPSA) is 117 Å². The molecule has 2 aromatic heterocycles. The molecule has 0 spiro atoms. The molecule has 1 unspecified atom stereocenters. The molecule has 9 nitrogen and oxygen atoms in total. The summed E-state index contributed by atoms with van der Waals surface area (Å²) >= 11 is 0. The van der Waals surface area contributed by atoms with Crippen LogP contribution in [0.1, 0.15) is 45.1 Å². The number of hydrogen-bond donors (Lipinski definition) is 2. The number of nitrogen functional groups attached to an aromatic ring is 1. The number of nitrogens with one attached hydrogen (secondary N) is 1. The lowest BCUT2D eigenvalue weighted by molar-refractivity contribution is -0.137. The summed E-state index contributed by atoms with van der Waals surface area (Å²) in [5.74, 6) is -1.43. The Morgan fingerprint density at radius 3 is 2.71 bits per heavy atom. The molecule has 186 valence electrons. The van der Waals surface area contributed by atoms with Gasteiger partial charge in [-0.25, -0.2) is 9.78 Å². The number of nitrogens with zero attached hydrogens (tertiary/aromatic N) is 4. The number of alkyl halides is 3. The van der Waals surface area contributed by atoms with Crippen LogP contribution in [0.2, 0.25) is 0 Å². The minimum Gasteiger partial charge on any atom is -0.383 e. The molecule has 0 aliphatic carbocycles. The van der Waals surface area contributed by atoms with Crippen LogP contribution in [0.4, 0.5) is 30.5 Å². The second-order valence-corrected chi connectivity index (χ2v) is 8.24. The summed E-state index contributed by atoms with van der Waals surface area (Å²) in [6, 6.07) is 2.19. The third kappa shape index (κ3) is 5.10. The molecule has 1 amide bonds. The fraction of sp³-hybridized carbons (Fsp3) is 0.545. The molecule has 1 aliphatic rings. The van der Waals surface area contributed by atoms with E-state index < -0.39 is 34.8 Å². The van der Waals surface area contributed by atoms with Crippen LogP contribution < -0.4 is 26.8 Å². The Hall–Kier alpha value is -3.31. The smallest absolute Gasteiger partial charge is 0.383 e. The molecule has 1 saturated heterocycles. The van der Waals surface area contributed by atoms with Gasteiger partial charge in [0.2, 0.25) is 5.91 Å². The molecule has 0 aromatic carbocycles. The predicted octanol–water partition coefficient (Wildman–Crippen LogP) is 2.60. The summed E-state index contributed by atoms with van der Waals surface area (Å²) < 4.78 is 41.7. The normalized spacial score (nSPS) is 16.5. The number of nitrogens with two attached hydrogens (primary N) is 1. The van der Waals surface area contributed by atoms with Gasteiger partial charge in [-0.1, -0.05) is 13.3 Å². The molecule has 0 saturated carbocycles. The Balaban J connectivity index is 1.93. The summed E-state index contributed by atoms with van der Waals surface area (Å²) in [7, 11) is 0. The predicted molar refractivity (Wildman–Crippen MR) is 123 cm³/mol. The number of unbranched alkanes of at least 4 members (excludes halogenated alkanes) is 1. The van der Waals surface area contributed by atoms with Crippen LogP contribution in [0.25, 0.3) is 0 Å². The standard InChI is InChI=1S/C22H29F3N6O3/c1-3-5-12-31-17(26)16(19(32)28-21(31)34)30(4-2)20(33)14-8-7-11-29(13-14)18-15(22(23,24)25)9-6-10-27-18/h6,9-10,14H,3-5,7-8,11-13,26H2,1-2H3,(H,28,32,34). The van der Waals surface area contributed by atoms with E-state index in [2.05, 4.69) is 9.97 Å². The molecule has 0 bridgehead atoms. The summed E-state index contributed by atoms with van der Waals surface area (Å²) in [5.41, 5.74) is 3.75. The summed E-state index contributed by atoms with van der Waals surface area (Å²) in [4.78, 5) is 47.1. The number of halogens is 3. The zero-order valence-electron chi connectivity index (χ0n) is 19.2. The first-order valence-electron chi connectivity index (χ1n) is 11.3. The summed E-state index contributed by atoms with van der Waals surface area (Å²) in [6.07, 6.45) is -0.935. The van der Waals surface area contributed by atoms with E-state index in [1.54, 1.807) is 6.92 Å². The number of piperidine rings is 1. The molecule has 34 heavy (non-hydrogen) atoms. The highest BCUT2D eigenvalue weighted by molar-refractivity contribution is 5.97. The van der Waals surface area contributed by atoms with Crippen molar-refractivity contribution in [1.82, 2.24) is 14.5 Å². The van der Waals surface area contributed by atoms with Crippen molar-refractivity contribution in [2.45, 2.75) is 52.3 Å². The lowest BCUT2D eigenvalue weighted by atomic mass is 9.95. The monoisotopic (exact) mass is 482 g/mol. The van der Waals surface area contributed by atoms with Gasteiger partial charge < -0.3 is 15.5 Å². The van der Waals surface area contributed by atoms with Crippen LogP contribution in [0.15, 0.2) is 27.9 Å². The van der Waals surface area contributed by atoms with Crippen LogP contribution in [0, 0.1) is 5.92 Å². The maximum Gasteiger partial charge on any atom is 0.419 e. The fourth-order valence-electron chi connectivity index (χ4n) is 4.26. The fourth-order valence-corrected chi connectivity index (χ4v) is 4.26. The van der Waals surface area contributed by atoms with E-state index in [0.717, 1.165) is 12.5 Å². The molecule has 1 fully saturated rings. The Kier molecular flexibility index (Phi) is 7.68. The van der Waals surface area contributed by atoms with Crippen molar-refractivity contribution >= 4 is 23.2 Å². The molecule has 0 radical (unpaired) electrons. The third-order valence-electron chi connectivity index (χ3n) is 5.96. The van der Waals surface area contributed by atoms with Crippen molar-refractivity contribution in [3.63, 3.8) is 0 Å². The molecule has 12 heteroatoms. The number of carbonyl (C=O) groups excluding carboxylic acids is 1. The van der Waals surface area contributed by atoms with E-state index in [9.17, 15) is 27.6 Å². The van der Waals surface area contributed by atoms with Gasteiger partial charge in [-0.15, -0.1) is 0 Å². The van der Waals surface area contributed by atoms with Gasteiger partial charge in [-0.2, -0.15) is 13.2 Å². The van der Waals surface area contributed by atoms with Gasteiger partial charge in [0.15, 0.2) is 5.69 Å². The molecule has 3 rings (SSSR count). The minimum atomic E-state index is -4.58. The molecule has 3 heterocycles.